The summed E-state index contributed by atoms with van der Waals surface area (Å²) < 4.78 is 13.0. The lowest BCUT2D eigenvalue weighted by Gasteiger charge is -2.37. The molecule has 162 valence electrons. The number of carbonyl (C=O) groups is 2. The maximum Gasteiger partial charge on any atom is 0.238 e. The van der Waals surface area contributed by atoms with Gasteiger partial charge in [0.15, 0.2) is 0 Å². The molecule has 3 rings (SSSR count). The Kier molecular flexibility index (Phi) is 7.43. The first-order valence-electron chi connectivity index (χ1n) is 10.9. The molecule has 1 atom stereocenters. The summed E-state index contributed by atoms with van der Waals surface area (Å²) in [5.74, 6) is -0.472. The van der Waals surface area contributed by atoms with Gasteiger partial charge in [-0.15, -0.1) is 0 Å². The number of amides is 2. The van der Waals surface area contributed by atoms with Crippen molar-refractivity contribution in [2.45, 2.75) is 70.0 Å². The molecule has 2 amide bonds. The van der Waals surface area contributed by atoms with E-state index in [9.17, 15) is 19.2 Å². The minimum absolute atomic E-state index is 0.00159. The smallest absolute Gasteiger partial charge is 0.238 e. The molecule has 1 aliphatic heterocycles. The van der Waals surface area contributed by atoms with Crippen molar-refractivity contribution < 1.29 is 14.0 Å². The molecule has 0 bridgehead atoms. The van der Waals surface area contributed by atoms with E-state index in [1.165, 1.54) is 12.1 Å². The zero-order chi connectivity index (χ0) is 21.6. The van der Waals surface area contributed by atoms with Crippen molar-refractivity contribution in [1.29, 1.82) is 5.26 Å². The summed E-state index contributed by atoms with van der Waals surface area (Å²) in [6, 6.07) is 8.12. The Balaban J connectivity index is 1.44. The van der Waals surface area contributed by atoms with Gasteiger partial charge in [0.2, 0.25) is 11.8 Å². The molecular weight excluding hydrogens is 383 g/mol. The van der Waals surface area contributed by atoms with Crippen LogP contribution in [0, 0.1) is 23.1 Å². The van der Waals surface area contributed by atoms with Crippen LogP contribution in [0.25, 0.3) is 0 Å². The van der Waals surface area contributed by atoms with Gasteiger partial charge in [-0.05, 0) is 63.4 Å². The second kappa shape index (κ2) is 10.0. The number of rotatable bonds is 6. The predicted molar refractivity (Wildman–Crippen MR) is 112 cm³/mol. The average molecular weight is 415 g/mol. The molecule has 6 nitrogen and oxygen atoms in total. The van der Waals surface area contributed by atoms with Gasteiger partial charge < -0.3 is 10.6 Å². The van der Waals surface area contributed by atoms with Crippen molar-refractivity contribution in [3.63, 3.8) is 0 Å². The first-order valence-corrected chi connectivity index (χ1v) is 10.9. The summed E-state index contributed by atoms with van der Waals surface area (Å²) in [5, 5.41) is 15.5. The summed E-state index contributed by atoms with van der Waals surface area (Å²) >= 11 is 0. The van der Waals surface area contributed by atoms with E-state index in [2.05, 4.69) is 21.6 Å². The molecule has 1 saturated carbocycles. The van der Waals surface area contributed by atoms with Crippen molar-refractivity contribution >= 4 is 11.8 Å². The normalized spacial score (nSPS) is 20.7. The highest BCUT2D eigenvalue weighted by Gasteiger charge is 2.36. The van der Waals surface area contributed by atoms with Crippen LogP contribution in [0.2, 0.25) is 0 Å². The van der Waals surface area contributed by atoms with Gasteiger partial charge in [0.05, 0.1) is 12.1 Å². The molecule has 1 aromatic carbocycles. The summed E-state index contributed by atoms with van der Waals surface area (Å²) in [7, 11) is 0. The third-order valence-corrected chi connectivity index (χ3v) is 6.49. The molecule has 1 unspecified atom stereocenters. The van der Waals surface area contributed by atoms with E-state index in [4.69, 9.17) is 0 Å². The van der Waals surface area contributed by atoms with Gasteiger partial charge in [0.1, 0.15) is 11.4 Å². The third kappa shape index (κ3) is 5.57. The van der Waals surface area contributed by atoms with Crippen LogP contribution in [-0.4, -0.2) is 41.4 Å². The fraction of sp³-hybridized carbons (Fsp3) is 0.609. The molecule has 0 spiro atoms. The molecule has 1 aromatic rings. The van der Waals surface area contributed by atoms with Crippen molar-refractivity contribution in [1.82, 2.24) is 15.5 Å². The Morgan fingerprint density at radius 2 is 1.83 bits per heavy atom. The van der Waals surface area contributed by atoms with Crippen LogP contribution in [0.4, 0.5) is 4.39 Å². The second-order valence-electron chi connectivity index (χ2n) is 8.57. The topological polar surface area (TPSA) is 85.2 Å². The van der Waals surface area contributed by atoms with Crippen molar-refractivity contribution in [2.24, 2.45) is 5.92 Å². The van der Waals surface area contributed by atoms with Crippen LogP contribution < -0.4 is 10.6 Å². The molecule has 0 aromatic heterocycles. The number of hydrogen-bond acceptors (Lipinski definition) is 4. The van der Waals surface area contributed by atoms with Gasteiger partial charge in [-0.25, -0.2) is 4.39 Å². The molecule has 2 fully saturated rings. The van der Waals surface area contributed by atoms with E-state index in [-0.39, 0.29) is 29.6 Å². The average Bonchev–Trinajstić information content (AvgIpc) is 2.78. The lowest BCUT2D eigenvalue weighted by molar-refractivity contribution is -0.129. The predicted octanol–water partition coefficient (Wildman–Crippen LogP) is 2.89. The Bertz CT molecular complexity index is 775. The van der Waals surface area contributed by atoms with Gasteiger partial charge >= 0.3 is 0 Å². The number of hydrogen-bond donors (Lipinski definition) is 2. The first-order chi connectivity index (χ1) is 14.4. The monoisotopic (exact) mass is 414 g/mol. The minimum atomic E-state index is -0.720. The standard InChI is InChI=1S/C23H31FN4O2/c1-17(21(29)27-23(16-25)11-3-2-4-12-23)28-13-9-19(10-14-28)22(30)26-15-18-5-7-20(24)8-6-18/h5-8,17,19H,2-4,9-15H2,1H3,(H,26,30)(H,27,29). The number of nitrogens with zero attached hydrogens (tertiary/aromatic N) is 2. The van der Waals surface area contributed by atoms with E-state index in [1.54, 1.807) is 12.1 Å². The Morgan fingerprint density at radius 3 is 2.43 bits per heavy atom. The molecule has 2 aliphatic rings. The van der Waals surface area contributed by atoms with E-state index >= 15 is 0 Å². The second-order valence-corrected chi connectivity index (χ2v) is 8.57. The zero-order valence-corrected chi connectivity index (χ0v) is 17.6. The highest BCUT2D eigenvalue weighted by Crippen LogP contribution is 2.28. The van der Waals surface area contributed by atoms with Crippen LogP contribution in [0.3, 0.4) is 0 Å². The van der Waals surface area contributed by atoms with Crippen LogP contribution in [0.1, 0.15) is 57.4 Å². The van der Waals surface area contributed by atoms with Crippen LogP contribution in [-0.2, 0) is 16.1 Å². The quantitative estimate of drug-likeness (QED) is 0.750. The number of piperidine rings is 1. The van der Waals surface area contributed by atoms with E-state index in [1.807, 2.05) is 6.92 Å². The summed E-state index contributed by atoms with van der Waals surface area (Å²) in [4.78, 5) is 27.3. The van der Waals surface area contributed by atoms with Gasteiger partial charge in [-0.2, -0.15) is 5.26 Å². The molecule has 1 saturated heterocycles. The molecule has 1 aliphatic carbocycles. The van der Waals surface area contributed by atoms with Crippen LogP contribution in [0.5, 0.6) is 0 Å². The fourth-order valence-electron chi connectivity index (χ4n) is 4.41. The van der Waals surface area contributed by atoms with Crippen LogP contribution >= 0.6 is 0 Å². The highest BCUT2D eigenvalue weighted by molar-refractivity contribution is 5.82. The SMILES string of the molecule is CC(C(=O)NC1(C#N)CCCCC1)N1CCC(C(=O)NCc2ccc(F)cc2)CC1. The van der Waals surface area contributed by atoms with Gasteiger partial charge in [-0.3, -0.25) is 14.5 Å². The van der Waals surface area contributed by atoms with Crippen molar-refractivity contribution in [3.05, 3.63) is 35.6 Å². The van der Waals surface area contributed by atoms with E-state index in [0.717, 1.165) is 37.7 Å². The largest absolute Gasteiger partial charge is 0.352 e. The molecule has 7 heteroatoms. The Morgan fingerprint density at radius 1 is 1.20 bits per heavy atom. The third-order valence-electron chi connectivity index (χ3n) is 6.49. The van der Waals surface area contributed by atoms with Crippen LogP contribution in [0.15, 0.2) is 24.3 Å². The van der Waals surface area contributed by atoms with Gasteiger partial charge in [0, 0.05) is 12.5 Å². The van der Waals surface area contributed by atoms with Crippen molar-refractivity contribution in [2.75, 3.05) is 13.1 Å². The first kappa shape index (κ1) is 22.2. The molecule has 1 heterocycles. The number of benzene rings is 1. The van der Waals surface area contributed by atoms with Gasteiger partial charge in [0.25, 0.3) is 0 Å². The fourth-order valence-corrected chi connectivity index (χ4v) is 4.41. The Hall–Kier alpha value is -2.46. The lowest BCUT2D eigenvalue weighted by Crippen LogP contribution is -2.56. The number of likely N-dealkylation sites (tertiary alicyclic amines) is 1. The summed E-state index contributed by atoms with van der Waals surface area (Å²) in [6.07, 6.45) is 5.88. The highest BCUT2D eigenvalue weighted by atomic mass is 19.1. The lowest BCUT2D eigenvalue weighted by atomic mass is 9.82. The molecular formula is C23H31FN4O2. The number of halogens is 1. The summed E-state index contributed by atoms with van der Waals surface area (Å²) in [5.41, 5.74) is 0.143. The van der Waals surface area contributed by atoms with E-state index < -0.39 is 5.54 Å². The van der Waals surface area contributed by atoms with Crippen molar-refractivity contribution in [3.8, 4) is 6.07 Å². The van der Waals surface area contributed by atoms with Gasteiger partial charge in [-0.1, -0.05) is 31.4 Å². The number of nitriles is 1. The minimum Gasteiger partial charge on any atom is -0.352 e. The molecule has 0 radical (unpaired) electrons. The maximum atomic E-state index is 13.0. The molecule has 30 heavy (non-hydrogen) atoms. The number of nitrogens with one attached hydrogen (secondary N) is 2. The summed E-state index contributed by atoms with van der Waals surface area (Å²) in [6.45, 7) is 3.60. The van der Waals surface area contributed by atoms with E-state index in [0.29, 0.717) is 32.5 Å². The zero-order valence-electron chi connectivity index (χ0n) is 17.6. The maximum absolute atomic E-state index is 13.0. The molecule has 2 N–H and O–H groups in total. The number of carbonyl (C=O) groups excluding carboxylic acids is 2. The Labute approximate surface area is 177 Å².